The molecular formula is C78H152O17P2. The third-order valence-electron chi connectivity index (χ3n) is 18.4. The fourth-order valence-electron chi connectivity index (χ4n) is 12.1. The molecule has 0 bridgehead atoms. The van der Waals surface area contributed by atoms with E-state index >= 15 is 0 Å². The monoisotopic (exact) mass is 1420 g/mol. The van der Waals surface area contributed by atoms with Crippen molar-refractivity contribution in [3.63, 3.8) is 0 Å². The van der Waals surface area contributed by atoms with Gasteiger partial charge in [-0.2, -0.15) is 0 Å². The topological polar surface area (TPSA) is 237 Å². The van der Waals surface area contributed by atoms with E-state index in [2.05, 4.69) is 27.7 Å². The third kappa shape index (κ3) is 72.2. The number of hydrogen-bond donors (Lipinski definition) is 3. The summed E-state index contributed by atoms with van der Waals surface area (Å²) in [6.07, 6.45) is 63.9. The van der Waals surface area contributed by atoms with Crippen LogP contribution in [-0.4, -0.2) is 96.7 Å². The Morgan fingerprint density at radius 1 is 0.247 bits per heavy atom. The first-order valence-electron chi connectivity index (χ1n) is 40.8. The Bertz CT molecular complexity index is 1840. The SMILES string of the molecule is CCCCCCCCCCCCCCCCCCCCCCC(=O)O[C@H](COC(=O)CCCCCCCCCCCCCCCCCCCC)COP(=O)(O)OC[C@@H](O)COP(=O)(O)OC[C@@H](COC(=O)CCCCCCCCCCC)OC(=O)CCCCCCCCCCCC. The zero-order valence-electron chi connectivity index (χ0n) is 63.1. The minimum Gasteiger partial charge on any atom is -0.462 e. The molecule has 0 aliphatic rings. The summed E-state index contributed by atoms with van der Waals surface area (Å²) in [6, 6.07) is 0. The second kappa shape index (κ2) is 72.4. The van der Waals surface area contributed by atoms with Crippen LogP contribution in [0.25, 0.3) is 0 Å². The molecule has 0 aliphatic carbocycles. The van der Waals surface area contributed by atoms with E-state index in [0.29, 0.717) is 25.7 Å². The van der Waals surface area contributed by atoms with Gasteiger partial charge in [0.15, 0.2) is 12.2 Å². The Labute approximate surface area is 594 Å². The summed E-state index contributed by atoms with van der Waals surface area (Å²) in [7, 11) is -9.91. The molecule has 0 aliphatic heterocycles. The molecular weight excluding hydrogens is 1270 g/mol. The molecule has 0 amide bonds. The molecule has 19 heteroatoms. The van der Waals surface area contributed by atoms with Gasteiger partial charge in [0.1, 0.15) is 19.3 Å². The van der Waals surface area contributed by atoms with Crippen LogP contribution in [0.1, 0.15) is 419 Å². The number of hydrogen-bond acceptors (Lipinski definition) is 15. The molecule has 0 fully saturated rings. The van der Waals surface area contributed by atoms with Gasteiger partial charge in [-0.05, 0) is 25.7 Å². The van der Waals surface area contributed by atoms with Crippen molar-refractivity contribution in [1.29, 1.82) is 0 Å². The van der Waals surface area contributed by atoms with Gasteiger partial charge in [-0.25, -0.2) is 9.13 Å². The molecule has 0 spiro atoms. The zero-order chi connectivity index (χ0) is 71.1. The van der Waals surface area contributed by atoms with E-state index in [1.54, 1.807) is 0 Å². The molecule has 0 aromatic heterocycles. The van der Waals surface area contributed by atoms with E-state index in [9.17, 15) is 43.2 Å². The van der Waals surface area contributed by atoms with E-state index in [1.165, 1.54) is 250 Å². The molecule has 97 heavy (non-hydrogen) atoms. The van der Waals surface area contributed by atoms with Crippen LogP contribution in [0, 0.1) is 0 Å². The minimum atomic E-state index is -4.96. The minimum absolute atomic E-state index is 0.107. The molecule has 2 unspecified atom stereocenters. The standard InChI is InChI=1S/C78H152O17P2/c1-5-9-13-17-21-25-28-30-32-34-36-37-39-41-43-45-49-53-57-61-65-78(83)95-74(69-89-76(81)63-59-55-51-48-44-42-40-38-35-33-31-29-26-22-18-14-10-6-2)71-93-97(86,87)91-67-72(79)66-90-96(84,85)92-70-73(68-88-75(80)62-58-54-50-46-24-20-16-12-8-4)94-77(82)64-60-56-52-47-27-23-19-15-11-7-3/h72-74,79H,5-71H2,1-4H3,(H,84,85)(H,86,87)/t72-,73+,74+/m0/s1. The first kappa shape index (κ1) is 95.1. The highest BCUT2D eigenvalue weighted by atomic mass is 31.2. The van der Waals surface area contributed by atoms with Gasteiger partial charge in [0.05, 0.1) is 26.4 Å². The molecule has 0 aromatic carbocycles. The number of phosphoric ester groups is 2. The van der Waals surface area contributed by atoms with Crippen molar-refractivity contribution in [2.75, 3.05) is 39.6 Å². The van der Waals surface area contributed by atoms with Crippen LogP contribution in [0.15, 0.2) is 0 Å². The van der Waals surface area contributed by atoms with Gasteiger partial charge in [0.25, 0.3) is 0 Å². The van der Waals surface area contributed by atoms with Crippen molar-refractivity contribution < 1.29 is 80.2 Å². The Morgan fingerprint density at radius 2 is 0.412 bits per heavy atom. The van der Waals surface area contributed by atoms with Crippen LogP contribution in [0.2, 0.25) is 0 Å². The number of carbonyl (C=O) groups is 4. The van der Waals surface area contributed by atoms with Gasteiger partial charge in [-0.1, -0.05) is 368 Å². The summed E-state index contributed by atoms with van der Waals surface area (Å²) in [5.41, 5.74) is 0. The number of phosphoric acid groups is 2. The van der Waals surface area contributed by atoms with Crippen molar-refractivity contribution in [3.8, 4) is 0 Å². The Balaban J connectivity index is 5.18. The summed E-state index contributed by atoms with van der Waals surface area (Å²) >= 11 is 0. The predicted octanol–water partition coefficient (Wildman–Crippen LogP) is 23.4. The van der Waals surface area contributed by atoms with E-state index in [4.69, 9.17) is 37.0 Å². The molecule has 0 saturated carbocycles. The average molecular weight is 1420 g/mol. The summed E-state index contributed by atoms with van der Waals surface area (Å²) < 4.78 is 68.5. The first-order valence-corrected chi connectivity index (χ1v) is 43.8. The summed E-state index contributed by atoms with van der Waals surface area (Å²) in [6.45, 7) is 4.97. The van der Waals surface area contributed by atoms with Crippen LogP contribution in [0.3, 0.4) is 0 Å². The first-order chi connectivity index (χ1) is 47.2. The van der Waals surface area contributed by atoms with Crippen molar-refractivity contribution in [2.24, 2.45) is 0 Å². The number of carbonyl (C=O) groups excluding carboxylic acids is 4. The fraction of sp³-hybridized carbons (Fsp3) is 0.949. The molecule has 576 valence electrons. The third-order valence-corrected chi connectivity index (χ3v) is 20.3. The largest absolute Gasteiger partial charge is 0.472 e. The Hall–Kier alpha value is -1.94. The van der Waals surface area contributed by atoms with Crippen molar-refractivity contribution in [2.45, 2.75) is 438 Å². The molecule has 0 aromatic rings. The highest BCUT2D eigenvalue weighted by Crippen LogP contribution is 2.45. The average Bonchev–Trinajstić information content (AvgIpc) is 1.01. The molecule has 0 rings (SSSR count). The molecule has 0 radical (unpaired) electrons. The van der Waals surface area contributed by atoms with E-state index in [-0.39, 0.29) is 25.7 Å². The van der Waals surface area contributed by atoms with Crippen molar-refractivity contribution in [1.82, 2.24) is 0 Å². The predicted molar refractivity (Wildman–Crippen MR) is 395 cm³/mol. The number of unbranched alkanes of at least 4 members (excludes halogenated alkanes) is 53. The maximum Gasteiger partial charge on any atom is 0.472 e. The summed E-state index contributed by atoms with van der Waals surface area (Å²) in [5, 5.41) is 10.6. The summed E-state index contributed by atoms with van der Waals surface area (Å²) in [5.74, 6) is -2.11. The smallest absolute Gasteiger partial charge is 0.462 e. The number of esters is 4. The molecule has 17 nitrogen and oxygen atoms in total. The van der Waals surface area contributed by atoms with E-state index in [1.807, 2.05) is 0 Å². The lowest BCUT2D eigenvalue weighted by molar-refractivity contribution is -0.161. The van der Waals surface area contributed by atoms with Crippen molar-refractivity contribution >= 4 is 39.5 Å². The van der Waals surface area contributed by atoms with Gasteiger partial charge >= 0.3 is 39.5 Å². The normalized spacial score (nSPS) is 13.8. The fourth-order valence-corrected chi connectivity index (χ4v) is 13.7. The molecule has 0 heterocycles. The lowest BCUT2D eigenvalue weighted by atomic mass is 10.0. The lowest BCUT2D eigenvalue weighted by Gasteiger charge is -2.21. The molecule has 3 N–H and O–H groups in total. The maximum atomic E-state index is 13.1. The van der Waals surface area contributed by atoms with Crippen LogP contribution >= 0.6 is 15.6 Å². The van der Waals surface area contributed by atoms with Crippen LogP contribution in [0.4, 0.5) is 0 Å². The second-order valence-electron chi connectivity index (χ2n) is 28.1. The van der Waals surface area contributed by atoms with Crippen LogP contribution in [0.5, 0.6) is 0 Å². The Morgan fingerprint density at radius 3 is 0.608 bits per heavy atom. The highest BCUT2D eigenvalue weighted by Gasteiger charge is 2.30. The number of ether oxygens (including phenoxy) is 4. The van der Waals surface area contributed by atoms with Gasteiger partial charge in [-0.3, -0.25) is 37.3 Å². The number of rotatable bonds is 79. The lowest BCUT2D eigenvalue weighted by Crippen LogP contribution is -2.30. The second-order valence-corrected chi connectivity index (χ2v) is 31.0. The zero-order valence-corrected chi connectivity index (χ0v) is 64.8. The number of aliphatic hydroxyl groups is 1. The Kier molecular flexibility index (Phi) is 71.0. The van der Waals surface area contributed by atoms with Crippen LogP contribution in [-0.2, 0) is 65.4 Å². The van der Waals surface area contributed by atoms with Gasteiger partial charge < -0.3 is 33.8 Å². The van der Waals surface area contributed by atoms with Gasteiger partial charge in [0, 0.05) is 25.7 Å². The summed E-state index contributed by atoms with van der Waals surface area (Å²) in [4.78, 5) is 72.8. The van der Waals surface area contributed by atoms with Gasteiger partial charge in [0.2, 0.25) is 0 Å². The van der Waals surface area contributed by atoms with Gasteiger partial charge in [-0.15, -0.1) is 0 Å². The van der Waals surface area contributed by atoms with E-state index in [0.717, 1.165) is 89.9 Å². The quantitative estimate of drug-likeness (QED) is 0.0222. The maximum absolute atomic E-state index is 13.1. The van der Waals surface area contributed by atoms with Crippen LogP contribution < -0.4 is 0 Å². The molecule has 5 atom stereocenters. The number of aliphatic hydroxyl groups excluding tert-OH is 1. The van der Waals surface area contributed by atoms with E-state index < -0.39 is 97.5 Å². The highest BCUT2D eigenvalue weighted by molar-refractivity contribution is 7.47. The molecule has 0 saturated heterocycles. The van der Waals surface area contributed by atoms with Crippen molar-refractivity contribution in [3.05, 3.63) is 0 Å².